The number of hydrogen-bond acceptors (Lipinski definition) is 3. The van der Waals surface area contributed by atoms with Gasteiger partial charge in [0, 0.05) is 36.9 Å². The van der Waals surface area contributed by atoms with Gasteiger partial charge in [-0.3, -0.25) is 0 Å². The van der Waals surface area contributed by atoms with E-state index in [-0.39, 0.29) is 0 Å². The van der Waals surface area contributed by atoms with Gasteiger partial charge in [-0.1, -0.05) is 158 Å². The second-order valence-electron chi connectivity index (χ2n) is 13.4. The molecule has 2 aromatic heterocycles. The van der Waals surface area contributed by atoms with Gasteiger partial charge < -0.3 is 0 Å². The van der Waals surface area contributed by atoms with E-state index in [1.54, 1.807) is 0 Å². The molecule has 0 amide bonds. The standard InChI is InChI=1S/C50H32N2S/c1-3-12-33(13-4-1)35-22-25-37(26-23-35)50-51-46(36-15-5-2-6-16-36)32-47(52-50)42-30-40(39-27-24-34-14-7-8-17-38(34)28-39)29-41(31-42)43-19-11-20-45-44-18-9-10-21-48(44)53-49(43)45/h1-32H. The van der Waals surface area contributed by atoms with Crippen LogP contribution in [0.2, 0.25) is 0 Å². The zero-order valence-electron chi connectivity index (χ0n) is 28.8. The molecule has 10 aromatic rings. The molecule has 0 aliphatic heterocycles. The third kappa shape index (κ3) is 5.87. The lowest BCUT2D eigenvalue weighted by atomic mass is 9.93. The minimum atomic E-state index is 0.699. The average Bonchev–Trinajstić information content (AvgIpc) is 3.63. The van der Waals surface area contributed by atoms with Gasteiger partial charge in [-0.2, -0.15) is 0 Å². The van der Waals surface area contributed by atoms with Crippen molar-refractivity contribution in [2.45, 2.75) is 0 Å². The van der Waals surface area contributed by atoms with Crippen molar-refractivity contribution in [1.29, 1.82) is 0 Å². The summed E-state index contributed by atoms with van der Waals surface area (Å²) in [4.78, 5) is 10.5. The van der Waals surface area contributed by atoms with Gasteiger partial charge in [-0.15, -0.1) is 11.3 Å². The fourth-order valence-electron chi connectivity index (χ4n) is 7.36. The first kappa shape index (κ1) is 31.1. The molecule has 0 atom stereocenters. The first-order valence-electron chi connectivity index (χ1n) is 17.9. The predicted molar refractivity (Wildman–Crippen MR) is 225 cm³/mol. The SMILES string of the molecule is c1ccc(-c2ccc(-c3nc(-c4ccccc4)cc(-c4cc(-c5ccc6ccccc6c5)cc(-c5cccc6c5sc5ccccc56)c4)n3)cc2)cc1. The van der Waals surface area contributed by atoms with Crippen molar-refractivity contribution in [1.82, 2.24) is 9.97 Å². The Morgan fingerprint density at radius 1 is 0.321 bits per heavy atom. The second-order valence-corrected chi connectivity index (χ2v) is 14.5. The largest absolute Gasteiger partial charge is 0.228 e. The van der Waals surface area contributed by atoms with E-state index in [1.807, 2.05) is 23.5 Å². The third-order valence-corrected chi connectivity index (χ3v) is 11.3. The average molecular weight is 693 g/mol. The number of fused-ring (bicyclic) bond motifs is 4. The number of benzene rings is 8. The van der Waals surface area contributed by atoms with Crippen molar-refractivity contribution in [2.24, 2.45) is 0 Å². The Hall–Kier alpha value is -6.68. The van der Waals surface area contributed by atoms with E-state index in [1.165, 1.54) is 47.6 Å². The fourth-order valence-corrected chi connectivity index (χ4v) is 8.60. The summed E-state index contributed by atoms with van der Waals surface area (Å²) in [6.45, 7) is 0. The molecule has 0 radical (unpaired) electrons. The molecular formula is C50H32N2S. The topological polar surface area (TPSA) is 25.8 Å². The highest BCUT2D eigenvalue weighted by Gasteiger charge is 2.16. The first-order chi connectivity index (χ1) is 26.2. The van der Waals surface area contributed by atoms with Crippen LogP contribution in [0.4, 0.5) is 0 Å². The Morgan fingerprint density at radius 2 is 0.906 bits per heavy atom. The zero-order chi connectivity index (χ0) is 35.1. The van der Waals surface area contributed by atoms with E-state index in [0.29, 0.717) is 5.82 Å². The molecule has 0 spiro atoms. The molecule has 2 nitrogen and oxygen atoms in total. The van der Waals surface area contributed by atoms with Gasteiger partial charge in [0.25, 0.3) is 0 Å². The van der Waals surface area contributed by atoms with E-state index in [0.717, 1.165) is 44.8 Å². The molecule has 0 saturated heterocycles. The summed E-state index contributed by atoms with van der Waals surface area (Å²) in [5.41, 5.74) is 11.9. The van der Waals surface area contributed by atoms with Crippen LogP contribution < -0.4 is 0 Å². The monoisotopic (exact) mass is 692 g/mol. The molecule has 8 aromatic carbocycles. The lowest BCUT2D eigenvalue weighted by Crippen LogP contribution is -1.96. The van der Waals surface area contributed by atoms with Crippen molar-refractivity contribution in [2.75, 3.05) is 0 Å². The highest BCUT2D eigenvalue weighted by Crippen LogP contribution is 2.42. The van der Waals surface area contributed by atoms with Gasteiger partial charge in [-0.05, 0) is 80.6 Å². The third-order valence-electron chi connectivity index (χ3n) is 10.1. The molecule has 10 rings (SSSR count). The zero-order valence-corrected chi connectivity index (χ0v) is 29.6. The van der Waals surface area contributed by atoms with Crippen molar-refractivity contribution in [3.8, 4) is 67.3 Å². The van der Waals surface area contributed by atoms with Crippen LogP contribution in [0.15, 0.2) is 194 Å². The maximum Gasteiger partial charge on any atom is 0.160 e. The van der Waals surface area contributed by atoms with Gasteiger partial charge >= 0.3 is 0 Å². The van der Waals surface area contributed by atoms with Gasteiger partial charge in [0.1, 0.15) is 0 Å². The van der Waals surface area contributed by atoms with E-state index in [2.05, 4.69) is 182 Å². The minimum Gasteiger partial charge on any atom is -0.228 e. The Balaban J connectivity index is 1.19. The predicted octanol–water partition coefficient (Wildman–Crippen LogP) is 14.0. The van der Waals surface area contributed by atoms with Crippen LogP contribution in [0.5, 0.6) is 0 Å². The van der Waals surface area contributed by atoms with E-state index < -0.39 is 0 Å². The van der Waals surface area contributed by atoms with Crippen LogP contribution in [-0.2, 0) is 0 Å². The van der Waals surface area contributed by atoms with Crippen LogP contribution in [0, 0.1) is 0 Å². The Morgan fingerprint density at radius 3 is 1.72 bits per heavy atom. The van der Waals surface area contributed by atoms with Crippen molar-refractivity contribution >= 4 is 42.3 Å². The van der Waals surface area contributed by atoms with Crippen LogP contribution in [0.3, 0.4) is 0 Å². The van der Waals surface area contributed by atoms with Crippen LogP contribution in [0.1, 0.15) is 0 Å². The van der Waals surface area contributed by atoms with E-state index >= 15 is 0 Å². The highest BCUT2D eigenvalue weighted by atomic mass is 32.1. The van der Waals surface area contributed by atoms with Gasteiger partial charge in [-0.25, -0.2) is 9.97 Å². The lowest BCUT2D eigenvalue weighted by molar-refractivity contribution is 1.18. The first-order valence-corrected chi connectivity index (χ1v) is 18.7. The summed E-state index contributed by atoms with van der Waals surface area (Å²) >= 11 is 1.86. The Labute approximate surface area is 312 Å². The number of hydrogen-bond donors (Lipinski definition) is 0. The Bertz CT molecular complexity index is 2930. The molecule has 0 saturated carbocycles. The van der Waals surface area contributed by atoms with E-state index in [9.17, 15) is 0 Å². The summed E-state index contributed by atoms with van der Waals surface area (Å²) in [6, 6.07) is 69.3. The molecule has 0 fully saturated rings. The molecule has 0 N–H and O–H groups in total. The second kappa shape index (κ2) is 13.1. The lowest BCUT2D eigenvalue weighted by Gasteiger charge is -2.14. The summed E-state index contributed by atoms with van der Waals surface area (Å²) in [5.74, 6) is 0.699. The van der Waals surface area contributed by atoms with Crippen LogP contribution in [-0.4, -0.2) is 9.97 Å². The molecule has 0 bridgehead atoms. The Kier molecular flexibility index (Phi) is 7.71. The molecule has 0 aliphatic carbocycles. The molecule has 3 heteroatoms. The van der Waals surface area contributed by atoms with Gasteiger partial charge in [0.15, 0.2) is 5.82 Å². The normalized spacial score (nSPS) is 11.4. The molecule has 0 aliphatic rings. The summed E-state index contributed by atoms with van der Waals surface area (Å²) < 4.78 is 2.59. The summed E-state index contributed by atoms with van der Waals surface area (Å²) in [5, 5.41) is 5.04. The number of aromatic nitrogens is 2. The van der Waals surface area contributed by atoms with Gasteiger partial charge in [0.05, 0.1) is 11.4 Å². The molecule has 0 unspecified atom stereocenters. The van der Waals surface area contributed by atoms with Crippen LogP contribution >= 0.6 is 11.3 Å². The maximum absolute atomic E-state index is 5.31. The summed E-state index contributed by atoms with van der Waals surface area (Å²) in [7, 11) is 0. The van der Waals surface area contributed by atoms with Gasteiger partial charge in [0.2, 0.25) is 0 Å². The smallest absolute Gasteiger partial charge is 0.160 e. The van der Waals surface area contributed by atoms with Crippen molar-refractivity contribution in [3.05, 3.63) is 194 Å². The molecule has 53 heavy (non-hydrogen) atoms. The quantitative estimate of drug-likeness (QED) is 0.173. The number of thiophene rings is 1. The number of rotatable bonds is 6. The number of nitrogens with zero attached hydrogens (tertiary/aromatic N) is 2. The van der Waals surface area contributed by atoms with Crippen LogP contribution in [0.25, 0.3) is 98.2 Å². The molecule has 2 heterocycles. The van der Waals surface area contributed by atoms with E-state index in [4.69, 9.17) is 9.97 Å². The fraction of sp³-hybridized carbons (Fsp3) is 0. The van der Waals surface area contributed by atoms with Crippen molar-refractivity contribution < 1.29 is 0 Å². The highest BCUT2D eigenvalue weighted by molar-refractivity contribution is 7.26. The molecular weight excluding hydrogens is 661 g/mol. The maximum atomic E-state index is 5.31. The minimum absolute atomic E-state index is 0.699. The van der Waals surface area contributed by atoms with Crippen molar-refractivity contribution in [3.63, 3.8) is 0 Å². The summed E-state index contributed by atoms with van der Waals surface area (Å²) in [6.07, 6.45) is 0. The molecule has 248 valence electrons.